The highest BCUT2D eigenvalue weighted by Crippen LogP contribution is 2.56. The molecule has 30 heavy (non-hydrogen) atoms. The molecule has 0 unspecified atom stereocenters. The highest BCUT2D eigenvalue weighted by atomic mass is 16.6. The second kappa shape index (κ2) is 8.18. The SMILES string of the molecule is C=C1CCC[C@]2(C)C[C@H]3OC(=O)[C@H](C[NH2+][C@H]4CCCC[C@@H]4Cc4ccco4)[C@H]3C[C@@H]12. The number of furan rings is 1. The molecule has 7 atom stereocenters. The van der Waals surface area contributed by atoms with Crippen LogP contribution in [0.5, 0.6) is 0 Å². The van der Waals surface area contributed by atoms with Crippen LogP contribution < -0.4 is 5.32 Å². The second-order valence-corrected chi connectivity index (χ2v) is 10.9. The number of carbonyl (C=O) groups excluding carboxylic acids is 1. The third-order valence-electron chi connectivity index (χ3n) is 9.02. The zero-order valence-electron chi connectivity index (χ0n) is 18.5. The number of allylic oxidation sites excluding steroid dienone is 1. The van der Waals surface area contributed by atoms with Gasteiger partial charge in [0.05, 0.1) is 18.8 Å². The lowest BCUT2D eigenvalue weighted by Crippen LogP contribution is -2.93. The minimum Gasteiger partial charge on any atom is -0.469 e. The van der Waals surface area contributed by atoms with Crippen LogP contribution in [-0.2, 0) is 16.0 Å². The number of hydrogen-bond acceptors (Lipinski definition) is 3. The lowest BCUT2D eigenvalue weighted by Gasteiger charge is -2.49. The fourth-order valence-corrected chi connectivity index (χ4v) is 7.33. The topological polar surface area (TPSA) is 56.0 Å². The van der Waals surface area contributed by atoms with Crippen LogP contribution in [0.3, 0.4) is 0 Å². The lowest BCUT2D eigenvalue weighted by molar-refractivity contribution is -0.702. The van der Waals surface area contributed by atoms with Crippen molar-refractivity contribution in [3.63, 3.8) is 0 Å². The Balaban J connectivity index is 1.24. The van der Waals surface area contributed by atoms with E-state index < -0.39 is 0 Å². The first-order valence-electron chi connectivity index (χ1n) is 12.3. The van der Waals surface area contributed by atoms with E-state index in [1.807, 2.05) is 6.07 Å². The van der Waals surface area contributed by atoms with Crippen molar-refractivity contribution in [2.24, 2.45) is 29.1 Å². The number of carbonyl (C=O) groups is 1. The fourth-order valence-electron chi connectivity index (χ4n) is 7.33. The quantitative estimate of drug-likeness (QED) is 0.581. The van der Waals surface area contributed by atoms with Crippen molar-refractivity contribution in [3.05, 3.63) is 36.3 Å². The summed E-state index contributed by atoms with van der Waals surface area (Å²) in [6.07, 6.45) is 13.9. The monoisotopic (exact) mass is 412 g/mol. The van der Waals surface area contributed by atoms with E-state index in [-0.39, 0.29) is 23.4 Å². The number of rotatable bonds is 5. The third kappa shape index (κ3) is 3.77. The normalized spacial score (nSPS) is 41.2. The molecule has 3 saturated carbocycles. The van der Waals surface area contributed by atoms with Crippen LogP contribution in [0.4, 0.5) is 0 Å². The van der Waals surface area contributed by atoms with E-state index in [4.69, 9.17) is 9.15 Å². The zero-order valence-corrected chi connectivity index (χ0v) is 18.5. The van der Waals surface area contributed by atoms with Crippen LogP contribution >= 0.6 is 0 Å². The van der Waals surface area contributed by atoms with Crippen molar-refractivity contribution in [2.75, 3.05) is 6.54 Å². The molecule has 164 valence electrons. The first kappa shape index (κ1) is 20.4. The van der Waals surface area contributed by atoms with Gasteiger partial charge in [-0.15, -0.1) is 0 Å². The van der Waals surface area contributed by atoms with Crippen molar-refractivity contribution in [2.45, 2.75) is 83.3 Å². The molecule has 1 aliphatic heterocycles. The molecular weight excluding hydrogens is 374 g/mol. The highest BCUT2D eigenvalue weighted by Gasteiger charge is 2.55. The number of nitrogens with two attached hydrogens (primary N) is 1. The molecule has 4 nitrogen and oxygen atoms in total. The Labute approximate surface area is 180 Å². The maximum absolute atomic E-state index is 12.9. The van der Waals surface area contributed by atoms with Crippen LogP contribution in [0.2, 0.25) is 0 Å². The van der Waals surface area contributed by atoms with Gasteiger partial charge in [0.25, 0.3) is 0 Å². The van der Waals surface area contributed by atoms with Gasteiger partial charge in [-0.05, 0) is 74.8 Å². The summed E-state index contributed by atoms with van der Waals surface area (Å²) in [6, 6.07) is 4.68. The van der Waals surface area contributed by atoms with Crippen molar-refractivity contribution in [1.29, 1.82) is 0 Å². The van der Waals surface area contributed by atoms with Gasteiger partial charge in [0.2, 0.25) is 0 Å². The van der Waals surface area contributed by atoms with Crippen LogP contribution in [-0.4, -0.2) is 24.7 Å². The maximum Gasteiger partial charge on any atom is 0.315 e. The van der Waals surface area contributed by atoms with Crippen LogP contribution in [0, 0.1) is 29.1 Å². The Kier molecular flexibility index (Phi) is 5.55. The van der Waals surface area contributed by atoms with Gasteiger partial charge < -0.3 is 14.5 Å². The first-order valence-corrected chi connectivity index (χ1v) is 12.3. The summed E-state index contributed by atoms with van der Waals surface area (Å²) in [4.78, 5) is 12.9. The van der Waals surface area contributed by atoms with Gasteiger partial charge >= 0.3 is 5.97 Å². The van der Waals surface area contributed by atoms with E-state index in [0.29, 0.717) is 23.8 Å². The molecule has 4 heteroatoms. The minimum atomic E-state index is 0.0560. The number of ether oxygens (including phenoxy) is 1. The molecule has 3 aliphatic carbocycles. The molecule has 0 aromatic carbocycles. The summed E-state index contributed by atoms with van der Waals surface area (Å²) in [5.41, 5.74) is 1.71. The van der Waals surface area contributed by atoms with Gasteiger partial charge in [0.1, 0.15) is 17.8 Å². The average Bonchev–Trinajstić information content (AvgIpc) is 3.33. The number of quaternary nitrogens is 1. The molecule has 0 spiro atoms. The van der Waals surface area contributed by atoms with Gasteiger partial charge in [-0.1, -0.05) is 25.5 Å². The predicted molar refractivity (Wildman–Crippen MR) is 116 cm³/mol. The number of esters is 1. The Morgan fingerprint density at radius 1 is 1.27 bits per heavy atom. The van der Waals surface area contributed by atoms with Gasteiger partial charge in [-0.25, -0.2) is 0 Å². The molecular formula is C26H38NO3+. The number of hydrogen-bond donors (Lipinski definition) is 1. The van der Waals surface area contributed by atoms with Gasteiger partial charge in [-0.2, -0.15) is 0 Å². The summed E-state index contributed by atoms with van der Waals surface area (Å²) in [7, 11) is 0. The van der Waals surface area contributed by atoms with Crippen LogP contribution in [0.1, 0.15) is 70.5 Å². The predicted octanol–water partition coefficient (Wildman–Crippen LogP) is 4.26. The van der Waals surface area contributed by atoms with E-state index in [9.17, 15) is 4.79 Å². The van der Waals surface area contributed by atoms with Crippen LogP contribution in [0.25, 0.3) is 0 Å². The molecule has 4 aliphatic rings. The fraction of sp³-hybridized carbons (Fsp3) is 0.731. The Morgan fingerprint density at radius 2 is 2.13 bits per heavy atom. The summed E-state index contributed by atoms with van der Waals surface area (Å²) >= 11 is 0. The molecule has 1 aromatic heterocycles. The molecule has 1 saturated heterocycles. The Bertz CT molecular complexity index is 771. The van der Waals surface area contributed by atoms with E-state index >= 15 is 0 Å². The minimum absolute atomic E-state index is 0.0560. The summed E-state index contributed by atoms with van der Waals surface area (Å²) in [5.74, 6) is 2.82. The highest BCUT2D eigenvalue weighted by molar-refractivity contribution is 5.75. The second-order valence-electron chi connectivity index (χ2n) is 10.9. The summed E-state index contributed by atoms with van der Waals surface area (Å²) in [6.45, 7) is 7.72. The summed E-state index contributed by atoms with van der Waals surface area (Å²) in [5, 5.41) is 2.49. The van der Waals surface area contributed by atoms with Gasteiger partial charge in [0, 0.05) is 18.3 Å². The average molecular weight is 413 g/mol. The molecule has 0 bridgehead atoms. The molecule has 0 radical (unpaired) electrons. The van der Waals surface area contributed by atoms with E-state index in [1.165, 1.54) is 50.5 Å². The molecule has 5 rings (SSSR count). The lowest BCUT2D eigenvalue weighted by atomic mass is 9.55. The standard InChI is InChI=1S/C26H37NO3/c1-17-7-5-11-26(2)15-24-20(14-22(17)26)21(25(28)30-24)16-27-23-10-4-3-8-18(23)13-19-9-6-12-29-19/h6,9,12,18,20-24,27H,1,3-5,7-8,10-11,13-16H2,2H3/p+1/t18-,20-,21-,22+,23+,24-,26-/m1/s1. The zero-order chi connectivity index (χ0) is 20.7. The Hall–Kier alpha value is -1.55. The smallest absolute Gasteiger partial charge is 0.315 e. The van der Waals surface area contributed by atoms with E-state index in [1.54, 1.807) is 6.26 Å². The van der Waals surface area contributed by atoms with Gasteiger partial charge in [-0.3, -0.25) is 4.79 Å². The molecule has 0 amide bonds. The Morgan fingerprint density at radius 3 is 2.97 bits per heavy atom. The molecule has 1 aromatic rings. The van der Waals surface area contributed by atoms with Crippen molar-refractivity contribution < 1.29 is 19.3 Å². The van der Waals surface area contributed by atoms with E-state index in [2.05, 4.69) is 24.9 Å². The maximum atomic E-state index is 12.9. The van der Waals surface area contributed by atoms with Crippen molar-refractivity contribution in [3.8, 4) is 0 Å². The largest absolute Gasteiger partial charge is 0.469 e. The molecule has 2 heterocycles. The number of fused-ring (bicyclic) bond motifs is 2. The summed E-state index contributed by atoms with van der Waals surface area (Å²) < 4.78 is 11.6. The first-order chi connectivity index (χ1) is 14.5. The van der Waals surface area contributed by atoms with Crippen molar-refractivity contribution >= 4 is 5.97 Å². The van der Waals surface area contributed by atoms with Crippen molar-refractivity contribution in [1.82, 2.24) is 0 Å². The van der Waals surface area contributed by atoms with E-state index in [0.717, 1.165) is 31.6 Å². The van der Waals surface area contributed by atoms with Crippen LogP contribution in [0.15, 0.2) is 35.0 Å². The third-order valence-corrected chi connectivity index (χ3v) is 9.02. The molecule has 4 fully saturated rings. The van der Waals surface area contributed by atoms with Gasteiger partial charge in [0.15, 0.2) is 0 Å². The molecule has 2 N–H and O–H groups in total.